The lowest BCUT2D eigenvalue weighted by molar-refractivity contribution is -0.671. The number of halogens is 1. The molecule has 0 atom stereocenters. The number of hydrogen-bond acceptors (Lipinski definition) is 3. The summed E-state index contributed by atoms with van der Waals surface area (Å²) in [6, 6.07) is 3.82. The summed E-state index contributed by atoms with van der Waals surface area (Å²) in [5, 5.41) is 11.4. The average molecular weight is 289 g/mol. The van der Waals surface area contributed by atoms with Crippen LogP contribution in [0, 0.1) is 0 Å². The number of quaternary nitrogens is 1. The molecular formula is C14H23ClNO3+. The Kier molecular flexibility index (Phi) is 7.63. The van der Waals surface area contributed by atoms with Crippen LogP contribution in [0.3, 0.4) is 0 Å². The van der Waals surface area contributed by atoms with E-state index in [4.69, 9.17) is 26.2 Å². The Labute approximate surface area is 119 Å². The maximum Gasteiger partial charge on any atom is 0.179 e. The number of benzene rings is 1. The molecule has 0 heterocycles. The minimum Gasteiger partial charge on any atom is -0.493 e. The predicted molar refractivity (Wildman–Crippen MR) is 76.0 cm³/mol. The smallest absolute Gasteiger partial charge is 0.179 e. The van der Waals surface area contributed by atoms with E-state index < -0.39 is 0 Å². The second-order valence-corrected chi connectivity index (χ2v) is 4.72. The molecular weight excluding hydrogens is 266 g/mol. The van der Waals surface area contributed by atoms with Gasteiger partial charge < -0.3 is 19.9 Å². The number of nitrogens with two attached hydrogens (primary N) is 1. The van der Waals surface area contributed by atoms with E-state index in [1.165, 1.54) is 0 Å². The summed E-state index contributed by atoms with van der Waals surface area (Å²) in [7, 11) is 1.61. The Morgan fingerprint density at radius 2 is 2.16 bits per heavy atom. The molecule has 0 saturated carbocycles. The van der Waals surface area contributed by atoms with Crippen molar-refractivity contribution < 1.29 is 19.9 Å². The number of aliphatic hydroxyl groups is 1. The Morgan fingerprint density at radius 3 is 2.79 bits per heavy atom. The summed E-state index contributed by atoms with van der Waals surface area (Å²) < 4.78 is 11.0. The van der Waals surface area contributed by atoms with Gasteiger partial charge in [0.15, 0.2) is 11.5 Å². The lowest BCUT2D eigenvalue weighted by atomic mass is 10.2. The number of methoxy groups -OCH3 is 1. The van der Waals surface area contributed by atoms with Crippen LogP contribution in [0.25, 0.3) is 0 Å². The molecule has 0 aliphatic carbocycles. The fraction of sp³-hybridized carbons (Fsp3) is 0.571. The van der Waals surface area contributed by atoms with Crippen molar-refractivity contribution in [1.29, 1.82) is 0 Å². The van der Waals surface area contributed by atoms with Crippen molar-refractivity contribution in [3.8, 4) is 11.5 Å². The summed E-state index contributed by atoms with van der Waals surface area (Å²) >= 11 is 6.24. The lowest BCUT2D eigenvalue weighted by Crippen LogP contribution is -2.83. The SMILES string of the molecule is CCCCOc1c(Cl)cc(C[NH2+]CCO)cc1OC. The minimum atomic E-state index is 0.170. The third-order valence-corrected chi connectivity index (χ3v) is 3.03. The highest BCUT2D eigenvalue weighted by Gasteiger charge is 2.12. The molecule has 1 aromatic carbocycles. The molecule has 3 N–H and O–H groups in total. The van der Waals surface area contributed by atoms with Crippen molar-refractivity contribution in [1.82, 2.24) is 0 Å². The van der Waals surface area contributed by atoms with Crippen molar-refractivity contribution in [2.45, 2.75) is 26.3 Å². The van der Waals surface area contributed by atoms with Crippen LogP contribution in [0.2, 0.25) is 5.02 Å². The van der Waals surface area contributed by atoms with Gasteiger partial charge in [-0.1, -0.05) is 24.9 Å². The van der Waals surface area contributed by atoms with Gasteiger partial charge in [0.2, 0.25) is 0 Å². The molecule has 0 saturated heterocycles. The van der Waals surface area contributed by atoms with Crippen LogP contribution in [0.15, 0.2) is 12.1 Å². The van der Waals surface area contributed by atoms with Crippen molar-refractivity contribution in [2.75, 3.05) is 26.9 Å². The second-order valence-electron chi connectivity index (χ2n) is 4.32. The molecule has 1 aromatic rings. The van der Waals surface area contributed by atoms with Gasteiger partial charge >= 0.3 is 0 Å². The Hall–Kier alpha value is -0.970. The maximum atomic E-state index is 8.76. The monoisotopic (exact) mass is 288 g/mol. The largest absolute Gasteiger partial charge is 0.493 e. The van der Waals surface area contributed by atoms with Gasteiger partial charge in [-0.25, -0.2) is 0 Å². The van der Waals surface area contributed by atoms with Gasteiger partial charge in [0.1, 0.15) is 6.54 Å². The Balaban J connectivity index is 2.76. The van der Waals surface area contributed by atoms with Gasteiger partial charge in [0.05, 0.1) is 31.9 Å². The standard InChI is InChI=1S/C14H22ClNO3/c1-3-4-7-19-14-12(15)8-11(9-13(14)18-2)10-16-5-6-17/h8-9,16-17H,3-7,10H2,1-2H3/p+1. The summed E-state index contributed by atoms with van der Waals surface area (Å²) in [4.78, 5) is 0. The van der Waals surface area contributed by atoms with Crippen molar-refractivity contribution in [3.63, 3.8) is 0 Å². The van der Waals surface area contributed by atoms with Crippen molar-refractivity contribution in [3.05, 3.63) is 22.7 Å². The number of unbranched alkanes of at least 4 members (excludes halogenated alkanes) is 1. The molecule has 4 nitrogen and oxygen atoms in total. The maximum absolute atomic E-state index is 8.76. The van der Waals surface area contributed by atoms with Crippen LogP contribution in [-0.4, -0.2) is 32.0 Å². The summed E-state index contributed by atoms with van der Waals surface area (Å²) in [5.41, 5.74) is 1.05. The van der Waals surface area contributed by atoms with Crippen LogP contribution >= 0.6 is 11.6 Å². The summed E-state index contributed by atoms with van der Waals surface area (Å²) in [5.74, 6) is 1.28. The van der Waals surface area contributed by atoms with E-state index in [1.807, 2.05) is 17.4 Å². The molecule has 0 bridgehead atoms. The fourth-order valence-corrected chi connectivity index (χ4v) is 2.00. The van der Waals surface area contributed by atoms with E-state index >= 15 is 0 Å². The zero-order chi connectivity index (χ0) is 14.1. The Morgan fingerprint density at radius 1 is 1.37 bits per heavy atom. The first-order valence-electron chi connectivity index (χ1n) is 6.64. The van der Waals surface area contributed by atoms with Gasteiger partial charge in [-0.05, 0) is 18.6 Å². The second kappa shape index (κ2) is 9.02. The van der Waals surface area contributed by atoms with E-state index in [-0.39, 0.29) is 6.61 Å². The molecule has 108 valence electrons. The van der Waals surface area contributed by atoms with E-state index in [0.29, 0.717) is 29.7 Å². The van der Waals surface area contributed by atoms with E-state index in [9.17, 15) is 0 Å². The van der Waals surface area contributed by atoms with Crippen LogP contribution in [0.4, 0.5) is 0 Å². The van der Waals surface area contributed by atoms with Gasteiger partial charge in [0.25, 0.3) is 0 Å². The number of rotatable bonds is 9. The molecule has 1 rings (SSSR count). The number of hydrogen-bond donors (Lipinski definition) is 2. The van der Waals surface area contributed by atoms with Crippen molar-refractivity contribution >= 4 is 11.6 Å². The molecule has 0 amide bonds. The summed E-state index contributed by atoms with van der Waals surface area (Å²) in [6.07, 6.45) is 2.07. The molecule has 0 aliphatic heterocycles. The fourth-order valence-electron chi connectivity index (χ4n) is 1.71. The molecule has 0 aliphatic rings. The van der Waals surface area contributed by atoms with Gasteiger partial charge in [-0.3, -0.25) is 0 Å². The van der Waals surface area contributed by atoms with Crippen LogP contribution in [0.5, 0.6) is 11.5 Å². The summed E-state index contributed by atoms with van der Waals surface area (Å²) in [6.45, 7) is 4.36. The zero-order valence-corrected chi connectivity index (χ0v) is 12.4. The normalized spacial score (nSPS) is 10.5. The first-order valence-corrected chi connectivity index (χ1v) is 7.02. The molecule has 0 radical (unpaired) electrons. The lowest BCUT2D eigenvalue weighted by Gasteiger charge is -2.13. The van der Waals surface area contributed by atoms with E-state index in [1.54, 1.807) is 7.11 Å². The predicted octanol–water partition coefficient (Wildman–Crippen LogP) is 1.58. The highest BCUT2D eigenvalue weighted by Crippen LogP contribution is 2.36. The minimum absolute atomic E-state index is 0.170. The third-order valence-electron chi connectivity index (χ3n) is 2.75. The molecule has 0 spiro atoms. The average Bonchev–Trinajstić information content (AvgIpc) is 2.41. The first-order chi connectivity index (χ1) is 9.22. The molecule has 0 unspecified atom stereocenters. The molecule has 0 aromatic heterocycles. The highest BCUT2D eigenvalue weighted by atomic mass is 35.5. The molecule has 5 heteroatoms. The van der Waals surface area contributed by atoms with Crippen molar-refractivity contribution in [2.24, 2.45) is 0 Å². The molecule has 19 heavy (non-hydrogen) atoms. The third kappa shape index (κ3) is 5.27. The highest BCUT2D eigenvalue weighted by molar-refractivity contribution is 6.32. The number of ether oxygens (including phenoxy) is 2. The first kappa shape index (κ1) is 16.1. The van der Waals surface area contributed by atoms with E-state index in [2.05, 4.69) is 6.92 Å². The van der Waals surface area contributed by atoms with Crippen LogP contribution in [-0.2, 0) is 6.54 Å². The quantitative estimate of drug-likeness (QED) is 0.679. The van der Waals surface area contributed by atoms with Crippen LogP contribution in [0.1, 0.15) is 25.3 Å². The zero-order valence-electron chi connectivity index (χ0n) is 11.6. The van der Waals surface area contributed by atoms with Gasteiger partial charge in [0, 0.05) is 5.56 Å². The number of aliphatic hydroxyl groups excluding tert-OH is 1. The topological polar surface area (TPSA) is 55.3 Å². The Bertz CT molecular complexity index is 385. The van der Waals surface area contributed by atoms with E-state index in [0.717, 1.165) is 24.9 Å². The molecule has 0 fully saturated rings. The van der Waals surface area contributed by atoms with Gasteiger partial charge in [-0.2, -0.15) is 0 Å². The van der Waals surface area contributed by atoms with Crippen LogP contribution < -0.4 is 14.8 Å². The van der Waals surface area contributed by atoms with Gasteiger partial charge in [-0.15, -0.1) is 0 Å².